The van der Waals surface area contributed by atoms with Crippen LogP contribution in [0.3, 0.4) is 0 Å². The van der Waals surface area contributed by atoms with Gasteiger partial charge in [-0.2, -0.15) is 0 Å². The third kappa shape index (κ3) is 3.49. The summed E-state index contributed by atoms with van der Waals surface area (Å²) in [5, 5.41) is 1.41. The number of nitrogens with zero attached hydrogens (tertiary/aromatic N) is 1. The molecule has 0 unspecified atom stereocenters. The highest BCUT2D eigenvalue weighted by Crippen LogP contribution is 2.22. The Morgan fingerprint density at radius 2 is 1.70 bits per heavy atom. The summed E-state index contributed by atoms with van der Waals surface area (Å²) < 4.78 is 0. The third-order valence-corrected chi connectivity index (χ3v) is 4.00. The number of fused-ring (bicyclic) bond motifs is 1. The zero-order valence-corrected chi connectivity index (χ0v) is 13.8. The normalized spacial score (nSPS) is 11.3. The van der Waals surface area contributed by atoms with E-state index in [1.165, 1.54) is 6.08 Å². The van der Waals surface area contributed by atoms with Gasteiger partial charge in [0.2, 0.25) is 0 Å². The molecule has 0 saturated heterocycles. The summed E-state index contributed by atoms with van der Waals surface area (Å²) in [6, 6.07) is 15.5. The van der Waals surface area contributed by atoms with Gasteiger partial charge in [0.15, 0.2) is 5.78 Å². The molecule has 0 bridgehead atoms. The van der Waals surface area contributed by atoms with Crippen LogP contribution < -0.4 is 0 Å². The molecule has 2 aromatic carbocycles. The number of ketones is 1. The van der Waals surface area contributed by atoms with Crippen molar-refractivity contribution in [3.63, 3.8) is 0 Å². The molecule has 1 heterocycles. The minimum absolute atomic E-state index is 0.0506. The molecule has 0 radical (unpaired) electrons. The van der Waals surface area contributed by atoms with Gasteiger partial charge in [0, 0.05) is 16.5 Å². The highest BCUT2D eigenvalue weighted by Gasteiger charge is 2.05. The van der Waals surface area contributed by atoms with Crippen molar-refractivity contribution >= 4 is 34.4 Å². The summed E-state index contributed by atoms with van der Waals surface area (Å²) in [6.45, 7) is 4.02. The number of halogens is 1. The van der Waals surface area contributed by atoms with Crippen molar-refractivity contribution in [3.05, 3.63) is 82.0 Å². The molecule has 0 aliphatic carbocycles. The van der Waals surface area contributed by atoms with Crippen LogP contribution in [0.1, 0.15) is 27.0 Å². The third-order valence-electron chi connectivity index (χ3n) is 3.70. The number of aryl methyl sites for hydroxylation is 2. The number of rotatable bonds is 3. The van der Waals surface area contributed by atoms with Crippen molar-refractivity contribution in [1.82, 2.24) is 4.98 Å². The zero-order valence-electron chi connectivity index (χ0n) is 13.0. The van der Waals surface area contributed by atoms with E-state index < -0.39 is 0 Å². The molecular formula is C20H16ClNO. The lowest BCUT2D eigenvalue weighted by Crippen LogP contribution is -1.94. The summed E-state index contributed by atoms with van der Waals surface area (Å²) >= 11 is 6.22. The van der Waals surface area contributed by atoms with Gasteiger partial charge < -0.3 is 0 Å². The fourth-order valence-corrected chi connectivity index (χ4v) is 2.59. The number of allylic oxidation sites excluding steroid dienone is 1. The molecule has 3 heteroatoms. The summed E-state index contributed by atoms with van der Waals surface area (Å²) in [7, 11) is 0. The second-order valence-corrected chi connectivity index (χ2v) is 5.99. The van der Waals surface area contributed by atoms with Crippen LogP contribution in [0.5, 0.6) is 0 Å². The Kier molecular flexibility index (Phi) is 4.26. The summed E-state index contributed by atoms with van der Waals surface area (Å²) in [6.07, 6.45) is 3.26. The number of carbonyl (C=O) groups is 1. The lowest BCUT2D eigenvalue weighted by molar-refractivity contribution is 0.104. The SMILES string of the molecule is Cc1ccc(C(=O)C=Cc2cc3cc(C)ccc3nc2Cl)cc1. The fraction of sp³-hybridized carbons (Fsp3) is 0.100. The average molecular weight is 322 g/mol. The van der Waals surface area contributed by atoms with E-state index in [2.05, 4.69) is 11.1 Å². The zero-order chi connectivity index (χ0) is 16.4. The van der Waals surface area contributed by atoms with E-state index in [0.29, 0.717) is 10.7 Å². The lowest BCUT2D eigenvalue weighted by Gasteiger charge is -2.03. The molecule has 23 heavy (non-hydrogen) atoms. The molecule has 114 valence electrons. The van der Waals surface area contributed by atoms with E-state index in [9.17, 15) is 4.79 Å². The number of aromatic nitrogens is 1. The van der Waals surface area contributed by atoms with Crippen LogP contribution in [-0.4, -0.2) is 10.8 Å². The summed E-state index contributed by atoms with van der Waals surface area (Å²) in [4.78, 5) is 16.6. The largest absolute Gasteiger partial charge is 0.289 e. The van der Waals surface area contributed by atoms with Crippen molar-refractivity contribution in [2.45, 2.75) is 13.8 Å². The van der Waals surface area contributed by atoms with Crippen molar-refractivity contribution in [1.29, 1.82) is 0 Å². The van der Waals surface area contributed by atoms with Crippen molar-refractivity contribution in [3.8, 4) is 0 Å². The van der Waals surface area contributed by atoms with Gasteiger partial charge in [-0.25, -0.2) is 4.98 Å². The Labute approximate surface area is 140 Å². The molecule has 3 rings (SSSR count). The van der Waals surface area contributed by atoms with Crippen LogP contribution in [0.4, 0.5) is 0 Å². The maximum Gasteiger partial charge on any atom is 0.185 e. The summed E-state index contributed by atoms with van der Waals surface area (Å²) in [5.74, 6) is -0.0506. The molecule has 0 saturated carbocycles. The van der Waals surface area contributed by atoms with Gasteiger partial charge in [0.25, 0.3) is 0 Å². The Morgan fingerprint density at radius 3 is 2.43 bits per heavy atom. The number of pyridine rings is 1. The second kappa shape index (κ2) is 6.35. The second-order valence-electron chi connectivity index (χ2n) is 5.63. The van der Waals surface area contributed by atoms with E-state index in [-0.39, 0.29) is 5.78 Å². The van der Waals surface area contributed by atoms with Gasteiger partial charge >= 0.3 is 0 Å². The van der Waals surface area contributed by atoms with Crippen LogP contribution >= 0.6 is 11.6 Å². The van der Waals surface area contributed by atoms with Gasteiger partial charge in [-0.05, 0) is 44.2 Å². The topological polar surface area (TPSA) is 30.0 Å². The Balaban J connectivity index is 1.92. The van der Waals surface area contributed by atoms with E-state index in [4.69, 9.17) is 11.6 Å². The maximum absolute atomic E-state index is 12.2. The first-order valence-electron chi connectivity index (χ1n) is 7.39. The van der Waals surface area contributed by atoms with Crippen LogP contribution in [0, 0.1) is 13.8 Å². The lowest BCUT2D eigenvalue weighted by atomic mass is 10.1. The molecule has 3 aromatic rings. The van der Waals surface area contributed by atoms with Crippen LogP contribution in [0.2, 0.25) is 5.15 Å². The monoisotopic (exact) mass is 321 g/mol. The first-order valence-corrected chi connectivity index (χ1v) is 7.77. The van der Waals surface area contributed by atoms with Gasteiger partial charge in [0.05, 0.1) is 5.52 Å². The van der Waals surface area contributed by atoms with Gasteiger partial charge in [-0.3, -0.25) is 4.79 Å². The standard InChI is InChI=1S/C20H16ClNO/c1-13-3-6-15(7-4-13)19(23)10-8-16-12-17-11-14(2)5-9-18(17)22-20(16)21/h3-12H,1-2H3. The van der Waals surface area contributed by atoms with Crippen LogP contribution in [0.25, 0.3) is 17.0 Å². The molecule has 0 fully saturated rings. The predicted octanol–water partition coefficient (Wildman–Crippen LogP) is 5.40. The molecule has 0 N–H and O–H groups in total. The minimum atomic E-state index is -0.0506. The molecule has 0 aliphatic heterocycles. The van der Waals surface area contributed by atoms with E-state index in [1.807, 2.05) is 56.3 Å². The highest BCUT2D eigenvalue weighted by molar-refractivity contribution is 6.31. The van der Waals surface area contributed by atoms with E-state index in [0.717, 1.165) is 27.6 Å². The van der Waals surface area contributed by atoms with Crippen molar-refractivity contribution in [2.24, 2.45) is 0 Å². The van der Waals surface area contributed by atoms with Crippen molar-refractivity contribution in [2.75, 3.05) is 0 Å². The van der Waals surface area contributed by atoms with Crippen LogP contribution in [-0.2, 0) is 0 Å². The average Bonchev–Trinajstić information content (AvgIpc) is 2.53. The fourth-order valence-electron chi connectivity index (χ4n) is 2.39. The highest BCUT2D eigenvalue weighted by atomic mass is 35.5. The Bertz CT molecular complexity index is 911. The van der Waals surface area contributed by atoms with Gasteiger partial charge in [-0.15, -0.1) is 0 Å². The van der Waals surface area contributed by atoms with Gasteiger partial charge in [0.1, 0.15) is 5.15 Å². The first-order chi connectivity index (χ1) is 11.0. The molecule has 0 atom stereocenters. The quantitative estimate of drug-likeness (QED) is 0.367. The molecular weight excluding hydrogens is 306 g/mol. The maximum atomic E-state index is 12.2. The first kappa shape index (κ1) is 15.4. The van der Waals surface area contributed by atoms with Crippen LogP contribution in [0.15, 0.2) is 54.6 Å². The molecule has 0 aliphatic rings. The minimum Gasteiger partial charge on any atom is -0.289 e. The molecule has 1 aromatic heterocycles. The molecule has 0 spiro atoms. The predicted molar refractivity (Wildman–Crippen MR) is 96.0 cm³/mol. The van der Waals surface area contributed by atoms with E-state index in [1.54, 1.807) is 6.08 Å². The number of carbonyl (C=O) groups excluding carboxylic acids is 1. The summed E-state index contributed by atoms with van der Waals surface area (Å²) in [5.41, 5.74) is 4.54. The van der Waals surface area contributed by atoms with Crippen molar-refractivity contribution < 1.29 is 4.79 Å². The smallest absolute Gasteiger partial charge is 0.185 e. The number of benzene rings is 2. The molecule has 2 nitrogen and oxygen atoms in total. The Hall–Kier alpha value is -2.45. The van der Waals surface area contributed by atoms with E-state index >= 15 is 0 Å². The number of hydrogen-bond acceptors (Lipinski definition) is 2. The molecule has 0 amide bonds. The van der Waals surface area contributed by atoms with Gasteiger partial charge in [-0.1, -0.05) is 53.1 Å². The number of hydrogen-bond donors (Lipinski definition) is 0. The Morgan fingerprint density at radius 1 is 1.00 bits per heavy atom.